The van der Waals surface area contributed by atoms with Crippen LogP contribution in [0.4, 0.5) is 10.1 Å². The van der Waals surface area contributed by atoms with Gasteiger partial charge in [0.05, 0.1) is 12.2 Å². The molecule has 1 aliphatic heterocycles. The van der Waals surface area contributed by atoms with Crippen LogP contribution in [-0.4, -0.2) is 24.2 Å². The smallest absolute Gasteiger partial charge is 0.260 e. The van der Waals surface area contributed by atoms with Crippen molar-refractivity contribution in [3.05, 3.63) is 100 Å². The third kappa shape index (κ3) is 3.31. The lowest BCUT2D eigenvalue weighted by Gasteiger charge is -2.44. The molecule has 1 N–H and O–H groups in total. The van der Waals surface area contributed by atoms with Crippen molar-refractivity contribution in [3.63, 3.8) is 0 Å². The van der Waals surface area contributed by atoms with Gasteiger partial charge >= 0.3 is 0 Å². The van der Waals surface area contributed by atoms with E-state index in [2.05, 4.69) is 0 Å². The molecule has 29 heavy (non-hydrogen) atoms. The van der Waals surface area contributed by atoms with Crippen molar-refractivity contribution in [2.45, 2.75) is 18.2 Å². The molecule has 4 nitrogen and oxygen atoms in total. The number of benzene rings is 3. The van der Waals surface area contributed by atoms with Gasteiger partial charge in [-0.15, -0.1) is 0 Å². The van der Waals surface area contributed by atoms with Crippen LogP contribution in [0.5, 0.6) is 0 Å². The number of nitrogens with zero attached hydrogens (tertiary/aromatic N) is 1. The van der Waals surface area contributed by atoms with Crippen molar-refractivity contribution in [2.24, 2.45) is 0 Å². The summed E-state index contributed by atoms with van der Waals surface area (Å²) < 4.78 is 18.8. The number of hydrogen-bond acceptors (Lipinski definition) is 3. The maximum Gasteiger partial charge on any atom is 0.260 e. The molecule has 3 aromatic carbocycles. The molecule has 2 unspecified atom stereocenters. The third-order valence-electron chi connectivity index (χ3n) is 5.23. The second-order valence-corrected chi connectivity index (χ2v) is 7.40. The van der Waals surface area contributed by atoms with E-state index in [-0.39, 0.29) is 12.4 Å². The van der Waals surface area contributed by atoms with E-state index in [1.165, 1.54) is 24.1 Å². The lowest BCUT2D eigenvalue weighted by atomic mass is 9.77. The molecule has 1 amide bonds. The standard InChI is InChI=1S/C23H19ClFNO3/c1-29-21-22(27)26(14-15-7-10-18(25)11-8-15)20-12-9-17(24)13-19(20)23(21,28)16-5-3-2-4-6-16/h2-13,21,28H,14H2,1H3. The number of amides is 1. The third-order valence-corrected chi connectivity index (χ3v) is 5.47. The molecule has 4 rings (SSSR count). The Labute approximate surface area is 173 Å². The Hall–Kier alpha value is -2.73. The fourth-order valence-corrected chi connectivity index (χ4v) is 4.01. The number of fused-ring (bicyclic) bond motifs is 1. The first-order valence-corrected chi connectivity index (χ1v) is 9.49. The molecule has 0 spiro atoms. The van der Waals surface area contributed by atoms with Gasteiger partial charge in [-0.3, -0.25) is 4.79 Å². The quantitative estimate of drug-likeness (QED) is 0.697. The molecule has 0 fully saturated rings. The number of carbonyl (C=O) groups is 1. The van der Waals surface area contributed by atoms with E-state index < -0.39 is 17.6 Å². The van der Waals surface area contributed by atoms with E-state index in [4.69, 9.17) is 16.3 Å². The normalized spacial score (nSPS) is 21.2. The molecular formula is C23H19ClFNO3. The SMILES string of the molecule is COC1C(=O)N(Cc2ccc(F)cc2)c2ccc(Cl)cc2C1(O)c1ccccc1. The average molecular weight is 412 g/mol. The first-order valence-electron chi connectivity index (χ1n) is 9.11. The van der Waals surface area contributed by atoms with Crippen molar-refractivity contribution in [1.82, 2.24) is 0 Å². The number of anilines is 1. The van der Waals surface area contributed by atoms with E-state index in [1.807, 2.05) is 6.07 Å². The molecule has 0 saturated carbocycles. The minimum Gasteiger partial charge on any atom is -0.377 e. The number of hydrogen-bond donors (Lipinski definition) is 1. The molecule has 6 heteroatoms. The van der Waals surface area contributed by atoms with Crippen molar-refractivity contribution >= 4 is 23.2 Å². The maximum absolute atomic E-state index is 13.4. The van der Waals surface area contributed by atoms with Crippen LogP contribution in [0.3, 0.4) is 0 Å². The van der Waals surface area contributed by atoms with Gasteiger partial charge in [0.25, 0.3) is 5.91 Å². The van der Waals surface area contributed by atoms with Gasteiger partial charge in [0, 0.05) is 17.7 Å². The van der Waals surface area contributed by atoms with Gasteiger partial charge in [0.1, 0.15) is 5.82 Å². The average Bonchev–Trinajstić information content (AvgIpc) is 2.73. The Morgan fingerprint density at radius 1 is 1.10 bits per heavy atom. The van der Waals surface area contributed by atoms with Gasteiger partial charge in [0.2, 0.25) is 0 Å². The van der Waals surface area contributed by atoms with Crippen LogP contribution in [0.2, 0.25) is 5.02 Å². The van der Waals surface area contributed by atoms with E-state index in [0.717, 1.165) is 5.56 Å². The number of rotatable bonds is 4. The van der Waals surface area contributed by atoms with E-state index >= 15 is 0 Å². The number of carbonyl (C=O) groups excluding carboxylic acids is 1. The van der Waals surface area contributed by atoms with Crippen LogP contribution in [0.25, 0.3) is 0 Å². The summed E-state index contributed by atoms with van der Waals surface area (Å²) in [5.41, 5.74) is 0.589. The summed E-state index contributed by atoms with van der Waals surface area (Å²) in [7, 11) is 1.39. The topological polar surface area (TPSA) is 49.8 Å². The Morgan fingerprint density at radius 2 is 1.79 bits per heavy atom. The summed E-state index contributed by atoms with van der Waals surface area (Å²) >= 11 is 6.25. The van der Waals surface area contributed by atoms with Crippen LogP contribution in [0.15, 0.2) is 72.8 Å². The Balaban J connectivity index is 1.89. The molecule has 3 aromatic rings. The predicted molar refractivity (Wildman–Crippen MR) is 109 cm³/mol. The highest BCUT2D eigenvalue weighted by Crippen LogP contribution is 2.45. The highest BCUT2D eigenvalue weighted by Gasteiger charge is 2.52. The number of halogens is 2. The number of aliphatic hydroxyl groups is 1. The minimum absolute atomic E-state index is 0.207. The second kappa shape index (κ2) is 7.59. The van der Waals surface area contributed by atoms with Crippen molar-refractivity contribution in [2.75, 3.05) is 12.0 Å². The van der Waals surface area contributed by atoms with Crippen LogP contribution >= 0.6 is 11.6 Å². The first kappa shape index (κ1) is 19.6. The van der Waals surface area contributed by atoms with Crippen molar-refractivity contribution in [3.8, 4) is 0 Å². The van der Waals surface area contributed by atoms with E-state index in [9.17, 15) is 14.3 Å². The Bertz CT molecular complexity index is 1040. The van der Waals surface area contributed by atoms with Gasteiger partial charge in [-0.1, -0.05) is 54.1 Å². The zero-order chi connectivity index (χ0) is 20.6. The fourth-order valence-electron chi connectivity index (χ4n) is 3.84. The van der Waals surface area contributed by atoms with Crippen LogP contribution in [0, 0.1) is 5.82 Å². The summed E-state index contributed by atoms with van der Waals surface area (Å²) in [6, 6.07) is 19.9. The highest BCUT2D eigenvalue weighted by molar-refractivity contribution is 6.30. The lowest BCUT2D eigenvalue weighted by Crippen LogP contribution is -2.57. The fraction of sp³-hybridized carbons (Fsp3) is 0.174. The summed E-state index contributed by atoms with van der Waals surface area (Å²) in [6.07, 6.45) is -1.17. The molecular weight excluding hydrogens is 393 g/mol. The summed E-state index contributed by atoms with van der Waals surface area (Å²) in [4.78, 5) is 14.9. The molecule has 0 bridgehead atoms. The van der Waals surface area contributed by atoms with Gasteiger partial charge in [-0.05, 0) is 41.5 Å². The Morgan fingerprint density at radius 3 is 2.45 bits per heavy atom. The summed E-state index contributed by atoms with van der Waals surface area (Å²) in [5, 5.41) is 12.2. The predicted octanol–water partition coefficient (Wildman–Crippen LogP) is 4.28. The van der Waals surface area contributed by atoms with Crippen LogP contribution < -0.4 is 4.90 Å². The Kier molecular flexibility index (Phi) is 5.13. The van der Waals surface area contributed by atoms with Gasteiger partial charge in [0.15, 0.2) is 11.7 Å². The van der Waals surface area contributed by atoms with Gasteiger partial charge < -0.3 is 14.7 Å². The molecule has 0 radical (unpaired) electrons. The van der Waals surface area contributed by atoms with Crippen molar-refractivity contribution < 1.29 is 19.0 Å². The molecule has 0 aromatic heterocycles. The molecule has 0 aliphatic carbocycles. The number of ether oxygens (including phenoxy) is 1. The van der Waals surface area contributed by atoms with Gasteiger partial charge in [-0.25, -0.2) is 4.39 Å². The molecule has 1 aliphatic rings. The van der Waals surface area contributed by atoms with E-state index in [0.29, 0.717) is 21.8 Å². The lowest BCUT2D eigenvalue weighted by molar-refractivity contribution is -0.145. The molecule has 0 saturated heterocycles. The monoisotopic (exact) mass is 411 g/mol. The van der Waals surface area contributed by atoms with E-state index in [1.54, 1.807) is 54.6 Å². The van der Waals surface area contributed by atoms with Crippen molar-refractivity contribution in [1.29, 1.82) is 0 Å². The zero-order valence-electron chi connectivity index (χ0n) is 15.7. The maximum atomic E-state index is 13.4. The van der Waals surface area contributed by atoms with Crippen LogP contribution in [-0.2, 0) is 21.7 Å². The zero-order valence-corrected chi connectivity index (χ0v) is 16.4. The largest absolute Gasteiger partial charge is 0.377 e. The summed E-state index contributed by atoms with van der Waals surface area (Å²) in [6.45, 7) is 0.207. The van der Waals surface area contributed by atoms with Crippen LogP contribution in [0.1, 0.15) is 16.7 Å². The molecule has 148 valence electrons. The first-order chi connectivity index (χ1) is 13.9. The summed E-state index contributed by atoms with van der Waals surface area (Å²) in [5.74, 6) is -0.739. The molecule has 2 atom stereocenters. The second-order valence-electron chi connectivity index (χ2n) is 6.96. The highest BCUT2D eigenvalue weighted by atomic mass is 35.5. The van der Waals surface area contributed by atoms with Gasteiger partial charge in [-0.2, -0.15) is 0 Å². The molecule has 1 heterocycles. The number of methoxy groups -OCH3 is 1. The minimum atomic E-state index is -1.70.